The third kappa shape index (κ3) is 6.44. The van der Waals surface area contributed by atoms with Crippen molar-refractivity contribution in [2.75, 3.05) is 11.5 Å². The average molecular weight is 357 g/mol. The molecule has 0 heterocycles. The van der Waals surface area contributed by atoms with E-state index in [-0.39, 0.29) is 5.41 Å². The smallest absolute Gasteiger partial charge is 0.0253 e. The number of thioether (sulfide) groups is 2. The number of hydrogen-bond acceptors (Lipinski definition) is 3. The van der Waals surface area contributed by atoms with E-state index < -0.39 is 0 Å². The van der Waals surface area contributed by atoms with Crippen molar-refractivity contribution in [1.82, 2.24) is 0 Å². The molecule has 21 heavy (non-hydrogen) atoms. The molecule has 0 fully saturated rings. The fraction of sp³-hybridized carbons (Fsp3) is 0.412. The maximum absolute atomic E-state index is 4.33. The number of thiol groups is 1. The van der Waals surface area contributed by atoms with E-state index in [1.807, 2.05) is 23.5 Å². The molecule has 0 aliphatic carbocycles. The summed E-state index contributed by atoms with van der Waals surface area (Å²) in [5.74, 6) is 4.07. The van der Waals surface area contributed by atoms with Gasteiger partial charge in [-0.1, -0.05) is 62.1 Å². The number of benzene rings is 1. The molecule has 0 bridgehead atoms. The van der Waals surface area contributed by atoms with Crippen molar-refractivity contribution in [1.29, 1.82) is 0 Å². The molecular weight excluding hydrogens is 331 g/mol. The average Bonchev–Trinajstić information content (AvgIpc) is 2.46. The van der Waals surface area contributed by atoms with Gasteiger partial charge in [-0.05, 0) is 30.2 Å². The highest BCUT2D eigenvalue weighted by atomic mass is 32.2. The van der Waals surface area contributed by atoms with E-state index in [4.69, 9.17) is 0 Å². The second kappa shape index (κ2) is 9.35. The third-order valence-electron chi connectivity index (χ3n) is 3.15. The molecule has 1 aromatic carbocycles. The Morgan fingerprint density at radius 1 is 1.24 bits per heavy atom. The highest BCUT2D eigenvalue weighted by Gasteiger charge is 2.20. The van der Waals surface area contributed by atoms with Crippen molar-refractivity contribution < 1.29 is 0 Å². The molecule has 1 aromatic rings. The predicted octanol–water partition coefficient (Wildman–Crippen LogP) is 6.48. The van der Waals surface area contributed by atoms with Crippen LogP contribution >= 0.6 is 45.4 Å². The monoisotopic (exact) mass is 356 g/mol. The Morgan fingerprint density at radius 2 is 1.86 bits per heavy atom. The number of rotatable bonds is 6. The molecule has 1 atom stereocenters. The molecule has 1 unspecified atom stereocenters. The molecule has 0 aliphatic rings. The number of allylic oxidation sites excluding steroid dienone is 1. The second-order valence-corrected chi connectivity index (χ2v) is 8.72. The fourth-order valence-electron chi connectivity index (χ4n) is 1.60. The Bertz CT molecular complexity index is 499. The van der Waals surface area contributed by atoms with Gasteiger partial charge in [0.1, 0.15) is 0 Å². The van der Waals surface area contributed by atoms with Gasteiger partial charge in [-0.2, -0.15) is 12.6 Å². The van der Waals surface area contributed by atoms with Crippen molar-refractivity contribution in [2.24, 2.45) is 5.41 Å². The first kappa shape index (κ1) is 19.2. The summed E-state index contributed by atoms with van der Waals surface area (Å²) >= 11 is 8.07. The van der Waals surface area contributed by atoms with Crippen LogP contribution in [0.25, 0.3) is 0 Å². The van der Waals surface area contributed by atoms with E-state index in [2.05, 4.69) is 85.7 Å². The van der Waals surface area contributed by atoms with Crippen LogP contribution in [0, 0.1) is 5.41 Å². The van der Waals surface area contributed by atoms with Gasteiger partial charge in [-0.25, -0.2) is 0 Å². The van der Waals surface area contributed by atoms with Crippen LogP contribution in [0.2, 0.25) is 0 Å². The Labute approximate surface area is 146 Å². The van der Waals surface area contributed by atoms with Crippen molar-refractivity contribution in [3.63, 3.8) is 0 Å². The lowest BCUT2D eigenvalue weighted by Gasteiger charge is -2.25. The van der Waals surface area contributed by atoms with Crippen LogP contribution in [0.15, 0.2) is 56.4 Å². The summed E-state index contributed by atoms with van der Waals surface area (Å²) in [7, 11) is 2.76. The largest absolute Gasteiger partial charge is 0.178 e. The zero-order valence-electron chi connectivity index (χ0n) is 13.2. The number of hydrogen-bond donors (Lipinski definition) is 1. The van der Waals surface area contributed by atoms with Gasteiger partial charge in [-0.3, -0.25) is 0 Å². The van der Waals surface area contributed by atoms with Gasteiger partial charge in [0.2, 0.25) is 0 Å². The molecule has 0 saturated heterocycles. The SMILES string of the molecule is C/C(=C(Sc1ccccc1)\C(=C\P)SCCS)C(C)(C)C. The normalized spacial score (nSPS) is 14.1. The van der Waals surface area contributed by atoms with Crippen molar-refractivity contribution in [3.8, 4) is 0 Å². The zero-order chi connectivity index (χ0) is 15.9. The third-order valence-corrected chi connectivity index (χ3v) is 6.68. The van der Waals surface area contributed by atoms with Crippen LogP contribution in [-0.4, -0.2) is 11.5 Å². The molecule has 0 radical (unpaired) electrons. The first-order valence-corrected chi connectivity index (χ1v) is 10.1. The summed E-state index contributed by atoms with van der Waals surface area (Å²) in [6, 6.07) is 10.6. The Balaban J connectivity index is 3.17. The molecule has 0 aromatic heterocycles. The lowest BCUT2D eigenvalue weighted by atomic mass is 9.87. The molecule has 1 rings (SSSR count). The van der Waals surface area contributed by atoms with Gasteiger partial charge in [-0.15, -0.1) is 21.0 Å². The van der Waals surface area contributed by atoms with E-state index in [0.29, 0.717) is 0 Å². The maximum Gasteiger partial charge on any atom is 0.0253 e. The van der Waals surface area contributed by atoms with Gasteiger partial charge in [0, 0.05) is 20.5 Å². The van der Waals surface area contributed by atoms with Crippen LogP contribution in [-0.2, 0) is 0 Å². The minimum absolute atomic E-state index is 0.164. The maximum atomic E-state index is 4.33. The summed E-state index contributed by atoms with van der Waals surface area (Å²) in [4.78, 5) is 3.98. The van der Waals surface area contributed by atoms with Crippen molar-refractivity contribution in [2.45, 2.75) is 32.6 Å². The van der Waals surface area contributed by atoms with E-state index >= 15 is 0 Å². The fourth-order valence-corrected chi connectivity index (χ4v) is 4.60. The van der Waals surface area contributed by atoms with Gasteiger partial charge < -0.3 is 0 Å². The predicted molar refractivity (Wildman–Crippen MR) is 109 cm³/mol. The topological polar surface area (TPSA) is 0 Å². The van der Waals surface area contributed by atoms with Crippen LogP contribution in [0.3, 0.4) is 0 Å². The summed E-state index contributed by atoms with van der Waals surface area (Å²) in [5, 5.41) is 0. The first-order valence-electron chi connectivity index (χ1n) is 7.00. The molecule has 0 saturated carbocycles. The van der Waals surface area contributed by atoms with Gasteiger partial charge in [0.15, 0.2) is 0 Å². The quantitative estimate of drug-likeness (QED) is 0.268. The molecule has 0 spiro atoms. The summed E-state index contributed by atoms with van der Waals surface area (Å²) < 4.78 is 0. The molecular formula is C17H25PS3. The minimum Gasteiger partial charge on any atom is -0.178 e. The zero-order valence-corrected chi connectivity index (χ0v) is 16.9. The highest BCUT2D eigenvalue weighted by Crippen LogP contribution is 2.43. The van der Waals surface area contributed by atoms with E-state index in [0.717, 1.165) is 11.5 Å². The van der Waals surface area contributed by atoms with Crippen LogP contribution in [0.5, 0.6) is 0 Å². The Hall–Kier alpha value is 0.180. The lowest BCUT2D eigenvalue weighted by molar-refractivity contribution is 0.503. The van der Waals surface area contributed by atoms with E-state index in [1.165, 1.54) is 20.3 Å². The molecule has 116 valence electrons. The van der Waals surface area contributed by atoms with Crippen LogP contribution in [0.1, 0.15) is 27.7 Å². The van der Waals surface area contributed by atoms with Crippen LogP contribution < -0.4 is 0 Å². The van der Waals surface area contributed by atoms with E-state index in [1.54, 1.807) is 0 Å². The second-order valence-electron chi connectivity index (χ2n) is 5.72. The van der Waals surface area contributed by atoms with Crippen molar-refractivity contribution in [3.05, 3.63) is 51.5 Å². The molecule has 0 aliphatic heterocycles. The summed E-state index contributed by atoms with van der Waals surface area (Å²) in [5.41, 5.74) is 1.59. The minimum atomic E-state index is 0.164. The van der Waals surface area contributed by atoms with Gasteiger partial charge in [0.25, 0.3) is 0 Å². The molecule has 0 amide bonds. The van der Waals surface area contributed by atoms with Gasteiger partial charge >= 0.3 is 0 Å². The Morgan fingerprint density at radius 3 is 2.33 bits per heavy atom. The Kier molecular flexibility index (Phi) is 8.56. The molecule has 0 nitrogen and oxygen atoms in total. The highest BCUT2D eigenvalue weighted by molar-refractivity contribution is 8.08. The van der Waals surface area contributed by atoms with E-state index in [9.17, 15) is 0 Å². The summed E-state index contributed by atoms with van der Waals surface area (Å²) in [6.07, 6.45) is 0. The van der Waals surface area contributed by atoms with Crippen LogP contribution in [0.4, 0.5) is 0 Å². The lowest BCUT2D eigenvalue weighted by Crippen LogP contribution is -2.09. The standard InChI is InChI=1S/C17H25PS3/c1-13(17(2,3)4)16(15(12-18)20-11-10-19)21-14-8-6-5-7-9-14/h5-9,12,19H,10-11,18H2,1-4H3/b15-12-,16-13-. The molecule has 0 N–H and O–H groups in total. The van der Waals surface area contributed by atoms with Gasteiger partial charge in [0.05, 0.1) is 0 Å². The molecule has 4 heteroatoms. The summed E-state index contributed by atoms with van der Waals surface area (Å²) in [6.45, 7) is 9.08. The van der Waals surface area contributed by atoms with Crippen molar-refractivity contribution >= 4 is 45.4 Å². The first-order chi connectivity index (χ1) is 9.90.